The summed E-state index contributed by atoms with van der Waals surface area (Å²) in [5.41, 5.74) is 9.29. The Labute approximate surface area is 185 Å². The first-order chi connectivity index (χ1) is 14.4. The smallest absolute Gasteiger partial charge is 0.323 e. The van der Waals surface area contributed by atoms with E-state index < -0.39 is 6.03 Å². The highest BCUT2D eigenvalue weighted by Crippen LogP contribution is 2.27. The molecule has 0 aliphatic carbocycles. The van der Waals surface area contributed by atoms with Gasteiger partial charge in [0.15, 0.2) is 5.82 Å². The Morgan fingerprint density at radius 3 is 2.77 bits per heavy atom. The first-order valence-corrected chi connectivity index (χ1v) is 10.1. The van der Waals surface area contributed by atoms with Gasteiger partial charge in [0.25, 0.3) is 0 Å². The molecule has 0 aliphatic heterocycles. The van der Waals surface area contributed by atoms with E-state index in [1.165, 1.54) is 10.9 Å². The molecule has 3 aromatic heterocycles. The average Bonchev–Trinajstić information content (AvgIpc) is 3.19. The molecule has 10 heteroatoms. The third kappa shape index (κ3) is 4.13. The number of amides is 2. The van der Waals surface area contributed by atoms with Gasteiger partial charge in [-0.05, 0) is 36.8 Å². The average molecular weight is 487 g/mol. The summed E-state index contributed by atoms with van der Waals surface area (Å²) in [5.74, 6) is 0.447. The number of aromatic nitrogens is 4. The minimum absolute atomic E-state index is 0.341. The van der Waals surface area contributed by atoms with Gasteiger partial charge in [0.1, 0.15) is 0 Å². The number of halogens is 2. The first kappa shape index (κ1) is 20.3. The summed E-state index contributed by atoms with van der Waals surface area (Å²) in [7, 11) is 0. The molecule has 2 amide bonds. The van der Waals surface area contributed by atoms with Gasteiger partial charge in [-0.3, -0.25) is 4.98 Å². The van der Waals surface area contributed by atoms with Crippen LogP contribution in [-0.4, -0.2) is 25.8 Å². The number of carbonyl (C=O) groups is 1. The third-order valence-electron chi connectivity index (χ3n) is 4.52. The summed E-state index contributed by atoms with van der Waals surface area (Å²) in [5, 5.41) is 11.0. The number of hydrogen-bond acceptors (Lipinski definition) is 5. The maximum Gasteiger partial charge on any atom is 0.323 e. The van der Waals surface area contributed by atoms with E-state index in [4.69, 9.17) is 17.3 Å². The fourth-order valence-corrected chi connectivity index (χ4v) is 3.57. The molecule has 4 aromatic rings. The van der Waals surface area contributed by atoms with Crippen LogP contribution in [0.3, 0.4) is 0 Å². The maximum absolute atomic E-state index is 12.5. The number of carbonyl (C=O) groups excluding carboxylic acids is 1. The number of nitrogens with two attached hydrogens (primary N) is 1. The van der Waals surface area contributed by atoms with Gasteiger partial charge in [0.2, 0.25) is 0 Å². The van der Waals surface area contributed by atoms with Crippen molar-refractivity contribution in [3.8, 4) is 5.82 Å². The van der Waals surface area contributed by atoms with E-state index in [0.717, 1.165) is 26.5 Å². The lowest BCUT2D eigenvalue weighted by molar-refractivity contribution is 0.262. The number of nitrogens with one attached hydrogen (secondary N) is 2. The molecule has 8 nitrogen and oxygen atoms in total. The molecular formula is C20H17BrClN7O. The van der Waals surface area contributed by atoms with Crippen LogP contribution in [0.1, 0.15) is 11.1 Å². The lowest BCUT2D eigenvalue weighted by Crippen LogP contribution is -2.20. The number of hydrogen-bond donors (Lipinski definition) is 3. The zero-order valence-corrected chi connectivity index (χ0v) is 18.2. The molecule has 152 valence electrons. The summed E-state index contributed by atoms with van der Waals surface area (Å²) in [6, 6.07) is 6.99. The Balaban J connectivity index is 1.51. The molecule has 4 rings (SSSR count). The second kappa shape index (κ2) is 8.39. The Hall–Kier alpha value is -3.01. The second-order valence-electron chi connectivity index (χ2n) is 6.56. The molecular weight excluding hydrogens is 470 g/mol. The molecule has 0 unspecified atom stereocenters. The van der Waals surface area contributed by atoms with Crippen LogP contribution in [0, 0.1) is 6.92 Å². The molecule has 0 saturated heterocycles. The van der Waals surface area contributed by atoms with Gasteiger partial charge in [-0.2, -0.15) is 5.10 Å². The van der Waals surface area contributed by atoms with E-state index in [2.05, 4.69) is 41.6 Å². The maximum atomic E-state index is 12.5. The molecule has 30 heavy (non-hydrogen) atoms. The van der Waals surface area contributed by atoms with E-state index in [-0.39, 0.29) is 0 Å². The highest BCUT2D eigenvalue weighted by Gasteiger charge is 2.12. The van der Waals surface area contributed by atoms with Gasteiger partial charge < -0.3 is 16.4 Å². The predicted octanol–water partition coefficient (Wildman–Crippen LogP) is 4.64. The van der Waals surface area contributed by atoms with Crippen molar-refractivity contribution in [2.24, 2.45) is 5.73 Å². The zero-order chi connectivity index (χ0) is 21.3. The lowest BCUT2D eigenvalue weighted by atomic mass is 10.1. The standard InChI is InChI=1S/C20H17BrClN7O/c1-11-15-4-13(21)2-3-17(15)24-9-18(11)28-20(30)27-14-5-16(22)19(25-8-14)29-10-12(6-23)7-26-29/h2-5,7-10H,6,23H2,1H3,(H2,27,28,30). The van der Waals surface area contributed by atoms with Crippen molar-refractivity contribution in [2.75, 3.05) is 10.6 Å². The summed E-state index contributed by atoms with van der Waals surface area (Å²) >= 11 is 9.79. The Kier molecular flexibility index (Phi) is 5.67. The molecule has 0 radical (unpaired) electrons. The Bertz CT molecular complexity index is 1260. The molecule has 4 N–H and O–H groups in total. The van der Waals surface area contributed by atoms with E-state index >= 15 is 0 Å². The van der Waals surface area contributed by atoms with Gasteiger partial charge in [-0.25, -0.2) is 14.5 Å². The van der Waals surface area contributed by atoms with Crippen LogP contribution in [0.5, 0.6) is 0 Å². The Morgan fingerprint density at radius 1 is 1.20 bits per heavy atom. The normalized spacial score (nSPS) is 10.9. The summed E-state index contributed by atoms with van der Waals surface area (Å²) in [6.45, 7) is 2.30. The summed E-state index contributed by atoms with van der Waals surface area (Å²) in [6.07, 6.45) is 6.54. The largest absolute Gasteiger partial charge is 0.326 e. The van der Waals surface area contributed by atoms with Crippen molar-refractivity contribution in [3.63, 3.8) is 0 Å². The van der Waals surface area contributed by atoms with Gasteiger partial charge in [0, 0.05) is 28.2 Å². The SMILES string of the molecule is Cc1c(NC(=O)Nc2cnc(-n3cc(CN)cn3)c(Cl)c2)cnc2ccc(Br)cc12. The molecule has 1 aromatic carbocycles. The van der Waals surface area contributed by atoms with Crippen molar-refractivity contribution in [1.82, 2.24) is 19.7 Å². The van der Waals surface area contributed by atoms with E-state index in [1.54, 1.807) is 24.7 Å². The molecule has 0 atom stereocenters. The van der Waals surface area contributed by atoms with E-state index in [0.29, 0.717) is 28.8 Å². The number of aryl methyl sites for hydroxylation is 1. The van der Waals surface area contributed by atoms with Crippen LogP contribution in [0.25, 0.3) is 16.7 Å². The van der Waals surface area contributed by atoms with E-state index in [9.17, 15) is 4.79 Å². The van der Waals surface area contributed by atoms with Gasteiger partial charge in [-0.15, -0.1) is 0 Å². The molecule has 0 spiro atoms. The minimum atomic E-state index is -0.427. The van der Waals surface area contributed by atoms with Crippen molar-refractivity contribution in [3.05, 3.63) is 69.7 Å². The van der Waals surface area contributed by atoms with Crippen molar-refractivity contribution >= 4 is 55.8 Å². The zero-order valence-electron chi connectivity index (χ0n) is 15.9. The number of fused-ring (bicyclic) bond motifs is 1. The summed E-state index contributed by atoms with van der Waals surface area (Å²) < 4.78 is 2.48. The predicted molar refractivity (Wildman–Crippen MR) is 121 cm³/mol. The van der Waals surface area contributed by atoms with Gasteiger partial charge in [0.05, 0.1) is 40.5 Å². The van der Waals surface area contributed by atoms with Crippen molar-refractivity contribution < 1.29 is 4.79 Å². The van der Waals surface area contributed by atoms with Crippen LogP contribution in [0.4, 0.5) is 16.2 Å². The van der Waals surface area contributed by atoms with E-state index in [1.807, 2.05) is 25.1 Å². The number of rotatable bonds is 4. The van der Waals surface area contributed by atoms with Crippen LogP contribution in [0.15, 0.2) is 53.5 Å². The van der Waals surface area contributed by atoms with Gasteiger partial charge in [-0.1, -0.05) is 27.5 Å². The lowest BCUT2D eigenvalue weighted by Gasteiger charge is -2.12. The highest BCUT2D eigenvalue weighted by molar-refractivity contribution is 9.10. The topological polar surface area (TPSA) is 111 Å². The molecule has 3 heterocycles. The van der Waals surface area contributed by atoms with Crippen LogP contribution in [-0.2, 0) is 6.54 Å². The first-order valence-electron chi connectivity index (χ1n) is 8.97. The van der Waals surface area contributed by atoms with Crippen LogP contribution < -0.4 is 16.4 Å². The van der Waals surface area contributed by atoms with Crippen LogP contribution in [0.2, 0.25) is 5.02 Å². The molecule has 0 fully saturated rings. The summed E-state index contributed by atoms with van der Waals surface area (Å²) in [4.78, 5) is 21.2. The molecule has 0 saturated carbocycles. The second-order valence-corrected chi connectivity index (χ2v) is 7.89. The quantitative estimate of drug-likeness (QED) is 0.389. The Morgan fingerprint density at radius 2 is 2.03 bits per heavy atom. The van der Waals surface area contributed by atoms with Crippen LogP contribution >= 0.6 is 27.5 Å². The fourth-order valence-electron chi connectivity index (χ4n) is 2.96. The fraction of sp³-hybridized carbons (Fsp3) is 0.100. The number of pyridine rings is 2. The third-order valence-corrected chi connectivity index (χ3v) is 5.29. The highest BCUT2D eigenvalue weighted by atomic mass is 79.9. The number of nitrogens with zero attached hydrogens (tertiary/aromatic N) is 4. The van der Waals surface area contributed by atoms with Crippen molar-refractivity contribution in [1.29, 1.82) is 0 Å². The molecule has 0 aliphatic rings. The van der Waals surface area contributed by atoms with Crippen molar-refractivity contribution in [2.45, 2.75) is 13.5 Å². The number of urea groups is 1. The number of benzene rings is 1. The van der Waals surface area contributed by atoms with Gasteiger partial charge >= 0.3 is 6.03 Å². The minimum Gasteiger partial charge on any atom is -0.326 e. The monoisotopic (exact) mass is 485 g/mol. The number of anilines is 2. The molecule has 0 bridgehead atoms.